The van der Waals surface area contributed by atoms with Gasteiger partial charge in [-0.15, -0.1) is 0 Å². The number of hydrogen-bond donors (Lipinski definition) is 2. The van der Waals surface area contributed by atoms with Gasteiger partial charge in [0.1, 0.15) is 0 Å². The van der Waals surface area contributed by atoms with Crippen molar-refractivity contribution < 1.29 is 4.79 Å². The number of nitrogen functional groups attached to an aromatic ring is 1. The summed E-state index contributed by atoms with van der Waals surface area (Å²) >= 11 is 3.43. The monoisotopic (exact) mass is 294 g/mol. The normalized spacial score (nSPS) is 19.8. The minimum atomic E-state index is 0.0572. The number of aromatic nitrogens is 2. The Labute approximate surface area is 106 Å². The number of carbonyl (C=O) groups is 1. The van der Waals surface area contributed by atoms with E-state index in [-0.39, 0.29) is 11.9 Å². The van der Waals surface area contributed by atoms with E-state index in [1.165, 1.54) is 0 Å². The van der Waals surface area contributed by atoms with Gasteiger partial charge < -0.3 is 15.6 Å². The molecule has 5 nitrogen and oxygen atoms in total. The van der Waals surface area contributed by atoms with Crippen LogP contribution < -0.4 is 11.1 Å². The summed E-state index contributed by atoms with van der Waals surface area (Å²) in [5.41, 5.74) is 7.73. The van der Waals surface area contributed by atoms with Crippen LogP contribution in [0.5, 0.6) is 0 Å². The van der Waals surface area contributed by atoms with E-state index in [9.17, 15) is 4.79 Å². The Morgan fingerprint density at radius 1 is 1.53 bits per heavy atom. The number of carbonyl (C=O) groups excluding carboxylic acids is 1. The van der Waals surface area contributed by atoms with Gasteiger partial charge in [0.05, 0.1) is 17.1 Å². The molecule has 0 spiro atoms. The molecule has 1 aliphatic rings. The van der Waals surface area contributed by atoms with E-state index in [4.69, 9.17) is 5.73 Å². The highest BCUT2D eigenvalue weighted by atomic mass is 79.9. The third-order valence-corrected chi connectivity index (χ3v) is 3.49. The Morgan fingerprint density at radius 2 is 2.35 bits per heavy atom. The predicted molar refractivity (Wildman–Crippen MR) is 68.5 cm³/mol. The summed E-state index contributed by atoms with van der Waals surface area (Å²) in [5.74, 6) is 0.519. The Kier molecular flexibility index (Phi) is 2.32. The lowest BCUT2D eigenvalue weighted by molar-refractivity contribution is -0.119. The Bertz CT molecular complexity index is 607. The topological polar surface area (TPSA) is 72.9 Å². The van der Waals surface area contributed by atoms with Crippen molar-refractivity contribution in [1.82, 2.24) is 14.9 Å². The number of rotatable bonds is 1. The molecule has 1 unspecified atom stereocenters. The van der Waals surface area contributed by atoms with Crippen LogP contribution in [0, 0.1) is 0 Å². The molecule has 1 aromatic carbocycles. The second kappa shape index (κ2) is 3.73. The zero-order chi connectivity index (χ0) is 12.0. The van der Waals surface area contributed by atoms with Crippen molar-refractivity contribution in [2.24, 2.45) is 0 Å². The van der Waals surface area contributed by atoms with E-state index in [0.717, 1.165) is 15.5 Å². The average Bonchev–Trinajstić information content (AvgIpc) is 2.81. The Balaban J connectivity index is 2.17. The molecule has 3 rings (SSSR count). The molecule has 3 N–H and O–H groups in total. The van der Waals surface area contributed by atoms with Crippen molar-refractivity contribution in [2.75, 3.05) is 12.3 Å². The standard InChI is InChI=1S/C11H11BrN4O/c12-6-1-2-8-9(3-6)16(11(13)15-8)7-4-10(17)14-5-7/h1-3,7H,4-5H2,(H2,13,15)(H,14,17). The number of anilines is 1. The van der Waals surface area contributed by atoms with Gasteiger partial charge in [-0.05, 0) is 18.2 Å². The van der Waals surface area contributed by atoms with Crippen molar-refractivity contribution in [3.05, 3.63) is 22.7 Å². The first-order valence-electron chi connectivity index (χ1n) is 5.35. The Morgan fingerprint density at radius 3 is 3.06 bits per heavy atom. The number of halogens is 1. The molecule has 2 heterocycles. The summed E-state index contributed by atoms with van der Waals surface area (Å²) in [6, 6.07) is 5.87. The lowest BCUT2D eigenvalue weighted by Crippen LogP contribution is -2.16. The van der Waals surface area contributed by atoms with E-state index in [0.29, 0.717) is 18.9 Å². The first-order valence-corrected chi connectivity index (χ1v) is 6.14. The highest BCUT2D eigenvalue weighted by Gasteiger charge is 2.26. The summed E-state index contributed by atoms with van der Waals surface area (Å²) in [4.78, 5) is 15.6. The summed E-state index contributed by atoms with van der Waals surface area (Å²) in [7, 11) is 0. The first kappa shape index (κ1) is 10.6. The van der Waals surface area contributed by atoms with Gasteiger partial charge in [0.25, 0.3) is 0 Å². The van der Waals surface area contributed by atoms with Gasteiger partial charge in [0.2, 0.25) is 11.9 Å². The van der Waals surface area contributed by atoms with E-state index in [2.05, 4.69) is 26.2 Å². The van der Waals surface area contributed by atoms with Crippen LogP contribution in [-0.2, 0) is 4.79 Å². The van der Waals surface area contributed by atoms with Gasteiger partial charge in [-0.25, -0.2) is 4.98 Å². The molecule has 88 valence electrons. The van der Waals surface area contributed by atoms with Crippen molar-refractivity contribution in [3.63, 3.8) is 0 Å². The molecule has 1 atom stereocenters. The molecular weight excluding hydrogens is 284 g/mol. The van der Waals surface area contributed by atoms with Gasteiger partial charge in [0, 0.05) is 17.4 Å². The van der Waals surface area contributed by atoms with E-state index in [1.807, 2.05) is 22.8 Å². The van der Waals surface area contributed by atoms with E-state index in [1.54, 1.807) is 0 Å². The molecule has 0 radical (unpaired) electrons. The SMILES string of the molecule is Nc1nc2ccc(Br)cc2n1C1CNC(=O)C1. The molecule has 1 saturated heterocycles. The molecule has 1 amide bonds. The number of imidazole rings is 1. The van der Waals surface area contributed by atoms with Crippen LogP contribution in [0.3, 0.4) is 0 Å². The van der Waals surface area contributed by atoms with Gasteiger partial charge in [-0.2, -0.15) is 0 Å². The highest BCUT2D eigenvalue weighted by Crippen LogP contribution is 2.28. The quantitative estimate of drug-likeness (QED) is 0.836. The maximum absolute atomic E-state index is 11.3. The number of hydrogen-bond acceptors (Lipinski definition) is 3. The summed E-state index contributed by atoms with van der Waals surface area (Å²) in [6.45, 7) is 0.612. The zero-order valence-corrected chi connectivity index (χ0v) is 10.6. The number of nitrogens with two attached hydrogens (primary N) is 1. The van der Waals surface area contributed by atoms with E-state index >= 15 is 0 Å². The third-order valence-electron chi connectivity index (χ3n) is 3.00. The number of benzene rings is 1. The van der Waals surface area contributed by atoms with Crippen molar-refractivity contribution in [1.29, 1.82) is 0 Å². The van der Waals surface area contributed by atoms with Crippen LogP contribution in [0.15, 0.2) is 22.7 Å². The fourth-order valence-electron chi connectivity index (χ4n) is 2.24. The molecule has 0 bridgehead atoms. The summed E-state index contributed by atoms with van der Waals surface area (Å²) < 4.78 is 2.90. The van der Waals surface area contributed by atoms with Crippen LogP contribution in [-0.4, -0.2) is 22.0 Å². The molecular formula is C11H11BrN4O. The number of nitrogens with zero attached hydrogens (tertiary/aromatic N) is 2. The van der Waals surface area contributed by atoms with Gasteiger partial charge in [-0.1, -0.05) is 15.9 Å². The molecule has 1 fully saturated rings. The maximum Gasteiger partial charge on any atom is 0.222 e. The van der Waals surface area contributed by atoms with Crippen LogP contribution in [0.25, 0.3) is 11.0 Å². The molecule has 0 saturated carbocycles. The minimum Gasteiger partial charge on any atom is -0.369 e. The number of fused-ring (bicyclic) bond motifs is 1. The average molecular weight is 295 g/mol. The fraction of sp³-hybridized carbons (Fsp3) is 0.273. The fourth-order valence-corrected chi connectivity index (χ4v) is 2.59. The van der Waals surface area contributed by atoms with Crippen LogP contribution in [0.1, 0.15) is 12.5 Å². The third kappa shape index (κ3) is 1.68. The second-order valence-electron chi connectivity index (χ2n) is 4.14. The van der Waals surface area contributed by atoms with Gasteiger partial charge >= 0.3 is 0 Å². The molecule has 1 aliphatic heterocycles. The summed E-state index contributed by atoms with van der Waals surface area (Å²) in [6.07, 6.45) is 0.460. The molecule has 1 aromatic heterocycles. The van der Waals surface area contributed by atoms with Crippen molar-refractivity contribution in [2.45, 2.75) is 12.5 Å². The van der Waals surface area contributed by atoms with Gasteiger partial charge in [0.15, 0.2) is 0 Å². The molecule has 0 aliphatic carbocycles. The molecule has 2 aromatic rings. The maximum atomic E-state index is 11.3. The van der Waals surface area contributed by atoms with Crippen LogP contribution in [0.2, 0.25) is 0 Å². The Hall–Kier alpha value is -1.56. The zero-order valence-electron chi connectivity index (χ0n) is 8.98. The minimum absolute atomic E-state index is 0.0572. The smallest absolute Gasteiger partial charge is 0.222 e. The molecule has 17 heavy (non-hydrogen) atoms. The second-order valence-corrected chi connectivity index (χ2v) is 5.05. The highest BCUT2D eigenvalue weighted by molar-refractivity contribution is 9.10. The lowest BCUT2D eigenvalue weighted by atomic mass is 10.2. The van der Waals surface area contributed by atoms with Crippen molar-refractivity contribution in [3.8, 4) is 0 Å². The van der Waals surface area contributed by atoms with Crippen LogP contribution in [0.4, 0.5) is 5.95 Å². The van der Waals surface area contributed by atoms with Gasteiger partial charge in [-0.3, -0.25) is 4.79 Å². The first-order chi connectivity index (χ1) is 8.15. The summed E-state index contributed by atoms with van der Waals surface area (Å²) in [5, 5.41) is 2.81. The van der Waals surface area contributed by atoms with E-state index < -0.39 is 0 Å². The lowest BCUT2D eigenvalue weighted by Gasteiger charge is -2.12. The van der Waals surface area contributed by atoms with Crippen LogP contribution >= 0.6 is 15.9 Å². The number of amides is 1. The van der Waals surface area contributed by atoms with Crippen molar-refractivity contribution >= 4 is 38.8 Å². The number of nitrogens with one attached hydrogen (secondary N) is 1. The largest absolute Gasteiger partial charge is 0.369 e. The predicted octanol–water partition coefficient (Wildman–Crippen LogP) is 1.44. The molecule has 6 heteroatoms.